The molecule has 0 spiro atoms. The van der Waals surface area contributed by atoms with Crippen molar-refractivity contribution >= 4 is 28.9 Å². The first kappa shape index (κ1) is 23.1. The van der Waals surface area contributed by atoms with Crippen LogP contribution in [0, 0.1) is 20.2 Å². The van der Waals surface area contributed by atoms with E-state index in [1.165, 1.54) is 0 Å². The summed E-state index contributed by atoms with van der Waals surface area (Å²) in [5.41, 5.74) is 2.56. The van der Waals surface area contributed by atoms with Crippen LogP contribution in [0.15, 0.2) is 53.6 Å². The van der Waals surface area contributed by atoms with Gasteiger partial charge >= 0.3 is 0 Å². The number of nitrogens with zero attached hydrogens (tertiary/aromatic N) is 3. The molecule has 0 unspecified atom stereocenters. The van der Waals surface area contributed by atoms with Crippen LogP contribution in [0.1, 0.15) is 37.4 Å². The summed E-state index contributed by atoms with van der Waals surface area (Å²) < 4.78 is 0. The summed E-state index contributed by atoms with van der Waals surface area (Å²) in [6, 6.07) is 12.3. The van der Waals surface area contributed by atoms with Crippen LogP contribution in [-0.4, -0.2) is 27.4 Å². The van der Waals surface area contributed by atoms with Crippen molar-refractivity contribution in [3.05, 3.63) is 79.9 Å². The van der Waals surface area contributed by atoms with Gasteiger partial charge in [0.15, 0.2) is 0 Å². The number of hydrogen-bond acceptors (Lipinski definition) is 7. The number of benzene rings is 2. The van der Waals surface area contributed by atoms with E-state index in [1.54, 1.807) is 6.92 Å². The molecule has 2 N–H and O–H groups in total. The Morgan fingerprint density at radius 1 is 1.03 bits per heavy atom. The molecule has 0 aliphatic rings. The summed E-state index contributed by atoms with van der Waals surface area (Å²) >= 11 is 0. The fourth-order valence-electron chi connectivity index (χ4n) is 2.74. The van der Waals surface area contributed by atoms with Gasteiger partial charge in [-0.05, 0) is 25.5 Å². The fourth-order valence-corrected chi connectivity index (χ4v) is 2.74. The molecule has 0 aromatic heterocycles. The van der Waals surface area contributed by atoms with E-state index >= 15 is 0 Å². The molecular formula is C20H21N5O6. The molecule has 2 rings (SSSR count). The van der Waals surface area contributed by atoms with E-state index in [9.17, 15) is 29.8 Å². The number of amides is 2. The average Bonchev–Trinajstić information content (AvgIpc) is 2.72. The maximum Gasteiger partial charge on any atom is 0.279 e. The molecule has 162 valence electrons. The van der Waals surface area contributed by atoms with Crippen molar-refractivity contribution < 1.29 is 19.4 Å². The SMILES string of the molecule is C/C(CC(=O)N[C@@H](C)c1ccccc1)=N/NC(=O)Cc1ccc([N+](=O)[O-])cc1[N+](=O)[O-]. The quantitative estimate of drug-likeness (QED) is 0.356. The number of carbonyl (C=O) groups excluding carboxylic acids is 2. The molecule has 2 amide bonds. The van der Waals surface area contributed by atoms with Crippen molar-refractivity contribution in [3.63, 3.8) is 0 Å². The van der Waals surface area contributed by atoms with Gasteiger partial charge in [-0.25, -0.2) is 5.43 Å². The summed E-state index contributed by atoms with van der Waals surface area (Å²) in [4.78, 5) is 44.6. The molecule has 2 aromatic rings. The van der Waals surface area contributed by atoms with Crippen molar-refractivity contribution in [1.29, 1.82) is 0 Å². The topological polar surface area (TPSA) is 157 Å². The van der Waals surface area contributed by atoms with Crippen LogP contribution < -0.4 is 10.7 Å². The first-order valence-corrected chi connectivity index (χ1v) is 9.25. The normalized spacial score (nSPS) is 12.0. The zero-order valence-electron chi connectivity index (χ0n) is 16.9. The van der Waals surface area contributed by atoms with Crippen molar-refractivity contribution in [1.82, 2.24) is 10.7 Å². The maximum absolute atomic E-state index is 12.1. The van der Waals surface area contributed by atoms with E-state index in [-0.39, 0.29) is 23.9 Å². The summed E-state index contributed by atoms with van der Waals surface area (Å²) in [7, 11) is 0. The second kappa shape index (κ2) is 10.6. The van der Waals surface area contributed by atoms with Gasteiger partial charge in [0.05, 0.1) is 34.8 Å². The van der Waals surface area contributed by atoms with Crippen LogP contribution in [-0.2, 0) is 16.0 Å². The molecule has 0 radical (unpaired) electrons. The number of nitro groups is 2. The lowest BCUT2D eigenvalue weighted by Gasteiger charge is -2.14. The third-order valence-corrected chi connectivity index (χ3v) is 4.29. The van der Waals surface area contributed by atoms with Crippen LogP contribution in [0.4, 0.5) is 11.4 Å². The highest BCUT2D eigenvalue weighted by Crippen LogP contribution is 2.25. The fraction of sp³-hybridized carbons (Fsp3) is 0.250. The minimum atomic E-state index is -0.789. The number of nitro benzene ring substituents is 2. The van der Waals surface area contributed by atoms with Crippen molar-refractivity contribution in [2.24, 2.45) is 5.10 Å². The van der Waals surface area contributed by atoms with E-state index in [0.717, 1.165) is 23.8 Å². The van der Waals surface area contributed by atoms with E-state index in [1.807, 2.05) is 37.3 Å². The molecule has 31 heavy (non-hydrogen) atoms. The van der Waals surface area contributed by atoms with E-state index in [4.69, 9.17) is 0 Å². The molecule has 11 nitrogen and oxygen atoms in total. The van der Waals surface area contributed by atoms with Gasteiger partial charge < -0.3 is 5.32 Å². The number of hydrazone groups is 1. The van der Waals surface area contributed by atoms with E-state index < -0.39 is 33.5 Å². The van der Waals surface area contributed by atoms with Crippen molar-refractivity contribution in [3.8, 4) is 0 Å². The highest BCUT2D eigenvalue weighted by Gasteiger charge is 2.21. The third kappa shape index (κ3) is 6.99. The van der Waals surface area contributed by atoms with E-state index in [0.29, 0.717) is 5.71 Å². The molecule has 0 bridgehead atoms. The Bertz CT molecular complexity index is 1020. The molecule has 0 aliphatic heterocycles. The molecule has 0 aliphatic carbocycles. The van der Waals surface area contributed by atoms with Crippen LogP contribution in [0.25, 0.3) is 0 Å². The molecule has 0 fully saturated rings. The second-order valence-corrected chi connectivity index (χ2v) is 6.76. The predicted molar refractivity (Wildman–Crippen MR) is 112 cm³/mol. The van der Waals surface area contributed by atoms with Crippen molar-refractivity contribution in [2.75, 3.05) is 0 Å². The molecule has 11 heteroatoms. The average molecular weight is 427 g/mol. The lowest BCUT2D eigenvalue weighted by molar-refractivity contribution is -0.394. The maximum atomic E-state index is 12.1. The lowest BCUT2D eigenvalue weighted by Crippen LogP contribution is -2.29. The third-order valence-electron chi connectivity index (χ3n) is 4.29. The van der Waals surface area contributed by atoms with Crippen LogP contribution in [0.5, 0.6) is 0 Å². The predicted octanol–water partition coefficient (Wildman–Crippen LogP) is 2.81. The molecule has 2 aromatic carbocycles. The molecule has 1 atom stereocenters. The molecule has 0 saturated carbocycles. The number of rotatable bonds is 9. The van der Waals surface area contributed by atoms with Gasteiger partial charge in [-0.1, -0.05) is 30.3 Å². The van der Waals surface area contributed by atoms with Gasteiger partial charge in [0.1, 0.15) is 0 Å². The smallest absolute Gasteiger partial charge is 0.279 e. The Morgan fingerprint density at radius 3 is 2.32 bits per heavy atom. The Labute approximate surface area is 177 Å². The zero-order valence-corrected chi connectivity index (χ0v) is 16.9. The Balaban J connectivity index is 1.93. The van der Waals surface area contributed by atoms with Gasteiger partial charge in [-0.3, -0.25) is 29.8 Å². The first-order valence-electron chi connectivity index (χ1n) is 9.25. The summed E-state index contributed by atoms with van der Waals surface area (Å²) in [6.45, 7) is 3.40. The zero-order chi connectivity index (χ0) is 23.0. The number of non-ortho nitro benzene ring substituents is 1. The minimum Gasteiger partial charge on any atom is -0.349 e. The van der Waals surface area contributed by atoms with Crippen LogP contribution >= 0.6 is 0 Å². The Kier molecular flexibility index (Phi) is 7.89. The molecule has 0 saturated heterocycles. The Hall–Kier alpha value is -4.15. The Morgan fingerprint density at radius 2 is 1.71 bits per heavy atom. The summed E-state index contributed by atoms with van der Waals surface area (Å²) in [5, 5.41) is 28.6. The summed E-state index contributed by atoms with van der Waals surface area (Å²) in [5.74, 6) is -0.938. The highest BCUT2D eigenvalue weighted by molar-refractivity contribution is 6.00. The number of nitrogens with one attached hydrogen (secondary N) is 2. The number of carbonyl (C=O) groups is 2. The van der Waals surface area contributed by atoms with Crippen molar-refractivity contribution in [2.45, 2.75) is 32.7 Å². The second-order valence-electron chi connectivity index (χ2n) is 6.76. The van der Waals surface area contributed by atoms with E-state index in [2.05, 4.69) is 15.8 Å². The van der Waals surface area contributed by atoms with Crippen LogP contribution in [0.3, 0.4) is 0 Å². The van der Waals surface area contributed by atoms with Gasteiger partial charge in [-0.15, -0.1) is 0 Å². The first-order chi connectivity index (χ1) is 14.7. The molecular weight excluding hydrogens is 406 g/mol. The monoisotopic (exact) mass is 427 g/mol. The summed E-state index contributed by atoms with van der Waals surface area (Å²) in [6.07, 6.45) is -0.447. The lowest BCUT2D eigenvalue weighted by atomic mass is 10.1. The standard InChI is InChI=1S/C20H21N5O6/c1-13(10-19(26)21-14(2)15-6-4-3-5-7-15)22-23-20(27)11-16-8-9-17(24(28)29)12-18(16)25(30)31/h3-9,12,14H,10-11H2,1-2H3,(H,21,26)(H,23,27)/b22-13-/t14-/m0/s1. The van der Waals surface area contributed by atoms with Gasteiger partial charge in [0.2, 0.25) is 11.8 Å². The highest BCUT2D eigenvalue weighted by atomic mass is 16.6. The van der Waals surface area contributed by atoms with Gasteiger partial charge in [-0.2, -0.15) is 5.10 Å². The van der Waals surface area contributed by atoms with Crippen LogP contribution in [0.2, 0.25) is 0 Å². The largest absolute Gasteiger partial charge is 0.349 e. The minimum absolute atomic E-state index is 0.00961. The molecule has 0 heterocycles. The number of hydrogen-bond donors (Lipinski definition) is 2. The van der Waals surface area contributed by atoms with Gasteiger partial charge in [0, 0.05) is 17.3 Å². The van der Waals surface area contributed by atoms with Gasteiger partial charge in [0.25, 0.3) is 11.4 Å².